The molecule has 0 atom stereocenters. The van der Waals surface area contributed by atoms with Crippen LogP contribution in [0.3, 0.4) is 0 Å². The Morgan fingerprint density at radius 1 is 1.36 bits per heavy atom. The molecule has 1 aromatic carbocycles. The van der Waals surface area contributed by atoms with Gasteiger partial charge >= 0.3 is 5.97 Å². The van der Waals surface area contributed by atoms with Crippen molar-refractivity contribution >= 4 is 21.9 Å². The molecule has 3 heteroatoms. The number of rotatable bonds is 2. The van der Waals surface area contributed by atoms with E-state index >= 15 is 0 Å². The summed E-state index contributed by atoms with van der Waals surface area (Å²) in [6, 6.07) is 3.78. The van der Waals surface area contributed by atoms with Crippen LogP contribution in [0.2, 0.25) is 0 Å². The number of halogens is 1. The van der Waals surface area contributed by atoms with Gasteiger partial charge in [-0.25, -0.2) is 4.79 Å². The summed E-state index contributed by atoms with van der Waals surface area (Å²) in [6.45, 7) is 6.19. The predicted octanol–water partition coefficient (Wildman–Crippen LogP) is 3.24. The summed E-state index contributed by atoms with van der Waals surface area (Å²) >= 11 is 3.35. The lowest BCUT2D eigenvalue weighted by atomic mass is 10.1. The molecule has 0 saturated heterocycles. The van der Waals surface area contributed by atoms with Crippen LogP contribution in [-0.4, -0.2) is 12.6 Å². The monoisotopic (exact) mass is 256 g/mol. The molecule has 2 nitrogen and oxygen atoms in total. The molecule has 0 radical (unpaired) electrons. The van der Waals surface area contributed by atoms with E-state index in [0.29, 0.717) is 12.2 Å². The van der Waals surface area contributed by atoms with E-state index in [1.165, 1.54) is 0 Å². The van der Waals surface area contributed by atoms with Crippen LogP contribution in [0.1, 0.15) is 28.4 Å². The SMILES string of the molecule is CCOC(=O)c1cc(C)c(C)cc1Br. The van der Waals surface area contributed by atoms with E-state index in [1.807, 2.05) is 26.0 Å². The maximum atomic E-state index is 11.5. The van der Waals surface area contributed by atoms with Gasteiger partial charge in [0.15, 0.2) is 0 Å². The molecule has 0 saturated carbocycles. The summed E-state index contributed by atoms with van der Waals surface area (Å²) < 4.78 is 5.73. The Hall–Kier alpha value is -0.830. The van der Waals surface area contributed by atoms with Crippen LogP contribution in [-0.2, 0) is 4.74 Å². The Morgan fingerprint density at radius 3 is 2.50 bits per heavy atom. The maximum absolute atomic E-state index is 11.5. The molecule has 14 heavy (non-hydrogen) atoms. The van der Waals surface area contributed by atoms with E-state index in [4.69, 9.17) is 4.74 Å². The Bertz CT molecular complexity index is 359. The minimum atomic E-state index is -0.275. The summed E-state index contributed by atoms with van der Waals surface area (Å²) in [5.41, 5.74) is 2.84. The second-order valence-electron chi connectivity index (χ2n) is 3.14. The van der Waals surface area contributed by atoms with Gasteiger partial charge in [-0.1, -0.05) is 0 Å². The highest BCUT2D eigenvalue weighted by Gasteiger charge is 2.11. The molecule has 0 fully saturated rings. The van der Waals surface area contributed by atoms with E-state index in [1.54, 1.807) is 6.92 Å². The molecule has 76 valence electrons. The number of ether oxygens (including phenoxy) is 1. The van der Waals surface area contributed by atoms with E-state index < -0.39 is 0 Å². The Kier molecular flexibility index (Phi) is 3.69. The maximum Gasteiger partial charge on any atom is 0.339 e. The van der Waals surface area contributed by atoms with Gasteiger partial charge in [0.2, 0.25) is 0 Å². The quantitative estimate of drug-likeness (QED) is 0.760. The number of hydrogen-bond donors (Lipinski definition) is 0. The van der Waals surface area contributed by atoms with E-state index in [9.17, 15) is 4.79 Å². The van der Waals surface area contributed by atoms with E-state index in [-0.39, 0.29) is 5.97 Å². The second kappa shape index (κ2) is 4.60. The Balaban J connectivity index is 3.09. The molecule has 0 heterocycles. The van der Waals surface area contributed by atoms with Crippen LogP contribution in [0, 0.1) is 13.8 Å². The fraction of sp³-hybridized carbons (Fsp3) is 0.364. The molecule has 0 aliphatic heterocycles. The van der Waals surface area contributed by atoms with Gasteiger partial charge in [-0.2, -0.15) is 0 Å². The minimum Gasteiger partial charge on any atom is -0.462 e. The van der Waals surface area contributed by atoms with Crippen LogP contribution in [0.5, 0.6) is 0 Å². The van der Waals surface area contributed by atoms with Gasteiger partial charge in [-0.05, 0) is 60.0 Å². The van der Waals surface area contributed by atoms with Gasteiger partial charge in [-0.15, -0.1) is 0 Å². The van der Waals surface area contributed by atoms with E-state index in [2.05, 4.69) is 15.9 Å². The third-order valence-corrected chi connectivity index (χ3v) is 2.73. The molecule has 0 N–H and O–H groups in total. The molecule has 0 spiro atoms. The smallest absolute Gasteiger partial charge is 0.339 e. The number of carbonyl (C=O) groups is 1. The molecule has 1 rings (SSSR count). The van der Waals surface area contributed by atoms with Crippen molar-refractivity contribution in [3.63, 3.8) is 0 Å². The third-order valence-electron chi connectivity index (χ3n) is 2.08. The zero-order valence-corrected chi connectivity index (χ0v) is 10.1. The Morgan fingerprint density at radius 2 is 1.93 bits per heavy atom. The van der Waals surface area contributed by atoms with Gasteiger partial charge in [0.25, 0.3) is 0 Å². The molecule has 0 aliphatic carbocycles. The molecule has 0 aromatic heterocycles. The van der Waals surface area contributed by atoms with Gasteiger partial charge in [-0.3, -0.25) is 0 Å². The summed E-state index contributed by atoms with van der Waals surface area (Å²) in [5, 5.41) is 0. The van der Waals surface area contributed by atoms with Gasteiger partial charge < -0.3 is 4.74 Å². The largest absolute Gasteiger partial charge is 0.462 e. The highest BCUT2D eigenvalue weighted by atomic mass is 79.9. The van der Waals surface area contributed by atoms with Crippen molar-refractivity contribution in [2.24, 2.45) is 0 Å². The Labute approximate surface area is 92.4 Å². The van der Waals surface area contributed by atoms with Crippen molar-refractivity contribution in [1.29, 1.82) is 0 Å². The molecule has 1 aromatic rings. The first-order valence-corrected chi connectivity index (χ1v) is 5.29. The standard InChI is InChI=1S/C11H13BrO2/c1-4-14-11(13)9-5-7(2)8(3)6-10(9)12/h5-6H,4H2,1-3H3. The van der Waals surface area contributed by atoms with Gasteiger partial charge in [0.1, 0.15) is 0 Å². The third kappa shape index (κ3) is 2.35. The molecule has 0 unspecified atom stereocenters. The summed E-state index contributed by atoms with van der Waals surface area (Å²) in [7, 11) is 0. The van der Waals surface area contributed by atoms with Crippen LogP contribution >= 0.6 is 15.9 Å². The van der Waals surface area contributed by atoms with Crippen LogP contribution in [0.4, 0.5) is 0 Å². The summed E-state index contributed by atoms with van der Waals surface area (Å²) in [6.07, 6.45) is 0. The van der Waals surface area contributed by atoms with Crippen molar-refractivity contribution < 1.29 is 9.53 Å². The van der Waals surface area contributed by atoms with Crippen LogP contribution < -0.4 is 0 Å². The lowest BCUT2D eigenvalue weighted by Gasteiger charge is -2.07. The fourth-order valence-electron chi connectivity index (χ4n) is 1.15. The van der Waals surface area contributed by atoms with Gasteiger partial charge in [0, 0.05) is 4.47 Å². The molecule has 0 amide bonds. The van der Waals surface area contributed by atoms with Crippen molar-refractivity contribution in [1.82, 2.24) is 0 Å². The highest BCUT2D eigenvalue weighted by Crippen LogP contribution is 2.22. The average Bonchev–Trinajstić information content (AvgIpc) is 2.11. The van der Waals surface area contributed by atoms with Crippen molar-refractivity contribution in [3.8, 4) is 0 Å². The number of aryl methyl sites for hydroxylation is 2. The first-order chi connectivity index (χ1) is 6.56. The fourth-order valence-corrected chi connectivity index (χ4v) is 1.77. The molecular formula is C11H13BrO2. The zero-order chi connectivity index (χ0) is 10.7. The van der Waals surface area contributed by atoms with Gasteiger partial charge in [0.05, 0.1) is 12.2 Å². The lowest BCUT2D eigenvalue weighted by molar-refractivity contribution is 0.0525. The molecular weight excluding hydrogens is 244 g/mol. The lowest BCUT2D eigenvalue weighted by Crippen LogP contribution is -2.06. The normalized spacial score (nSPS) is 10.0. The number of hydrogen-bond acceptors (Lipinski definition) is 2. The predicted molar refractivity (Wildman–Crippen MR) is 59.6 cm³/mol. The first-order valence-electron chi connectivity index (χ1n) is 4.50. The van der Waals surface area contributed by atoms with Crippen molar-refractivity contribution in [3.05, 3.63) is 33.3 Å². The minimum absolute atomic E-state index is 0.275. The zero-order valence-electron chi connectivity index (χ0n) is 8.56. The summed E-state index contributed by atoms with van der Waals surface area (Å²) in [4.78, 5) is 11.5. The van der Waals surface area contributed by atoms with Crippen LogP contribution in [0.15, 0.2) is 16.6 Å². The highest BCUT2D eigenvalue weighted by molar-refractivity contribution is 9.10. The molecule has 0 aliphatic rings. The van der Waals surface area contributed by atoms with E-state index in [0.717, 1.165) is 15.6 Å². The topological polar surface area (TPSA) is 26.3 Å². The summed E-state index contributed by atoms with van der Waals surface area (Å²) in [5.74, 6) is -0.275. The van der Waals surface area contributed by atoms with Crippen molar-refractivity contribution in [2.75, 3.05) is 6.61 Å². The van der Waals surface area contributed by atoms with Crippen molar-refractivity contribution in [2.45, 2.75) is 20.8 Å². The number of benzene rings is 1. The number of carbonyl (C=O) groups excluding carboxylic acids is 1. The van der Waals surface area contributed by atoms with Crippen LogP contribution in [0.25, 0.3) is 0 Å². The number of esters is 1. The molecule has 0 bridgehead atoms. The average molecular weight is 257 g/mol. The second-order valence-corrected chi connectivity index (χ2v) is 3.99. The first kappa shape index (κ1) is 11.2.